The lowest BCUT2D eigenvalue weighted by molar-refractivity contribution is -0.159. The molecule has 3 aliphatic rings. The molecule has 3 aliphatic carbocycles. The van der Waals surface area contributed by atoms with Gasteiger partial charge in [-0.3, -0.25) is 19.3 Å². The van der Waals surface area contributed by atoms with Crippen LogP contribution in [-0.4, -0.2) is 74.8 Å². The highest BCUT2D eigenvalue weighted by Crippen LogP contribution is 2.57. The maximum atomic E-state index is 13.7. The molecule has 0 saturated heterocycles. The Morgan fingerprint density at radius 2 is 1.85 bits per heavy atom. The van der Waals surface area contributed by atoms with Crippen LogP contribution in [0.15, 0.2) is 41.7 Å². The second-order valence-electron chi connectivity index (χ2n) is 8.66. The van der Waals surface area contributed by atoms with E-state index in [0.717, 1.165) is 0 Å². The van der Waals surface area contributed by atoms with Crippen LogP contribution in [0, 0.1) is 17.8 Å². The first-order valence-electron chi connectivity index (χ1n) is 10.0. The van der Waals surface area contributed by atoms with Gasteiger partial charge in [-0.15, -0.1) is 0 Å². The topological polar surface area (TPSA) is 178 Å². The molecule has 0 aliphatic heterocycles. The van der Waals surface area contributed by atoms with Crippen LogP contribution in [0.2, 0.25) is 0 Å². The number of hydrogen-bond donors (Lipinski definition) is 5. The molecule has 1 amide bonds. The quantitative estimate of drug-likeness (QED) is 0.307. The lowest BCUT2D eigenvalue weighted by Gasteiger charge is -2.53. The van der Waals surface area contributed by atoms with Gasteiger partial charge in [0.1, 0.15) is 29.1 Å². The molecule has 1 saturated carbocycles. The number of carbonyl (C=O) groups is 4. The first kappa shape index (κ1) is 22.4. The first-order valence-corrected chi connectivity index (χ1v) is 10.0. The maximum absolute atomic E-state index is 13.7. The molecule has 33 heavy (non-hydrogen) atoms. The Labute approximate surface area is 187 Å². The smallest absolute Gasteiger partial charge is 0.255 e. The number of fused-ring (bicyclic) bond motifs is 3. The predicted molar refractivity (Wildman–Crippen MR) is 115 cm³/mol. The molecule has 1 aromatic carbocycles. The normalized spacial score (nSPS) is 31.3. The van der Waals surface area contributed by atoms with Crippen molar-refractivity contribution in [2.75, 3.05) is 14.1 Å². The molecule has 0 radical (unpaired) electrons. The van der Waals surface area contributed by atoms with E-state index in [1.54, 1.807) is 0 Å². The van der Waals surface area contributed by atoms with Gasteiger partial charge in [-0.05, 0) is 31.3 Å². The Kier molecular flexibility index (Phi) is 4.84. The molecular weight excluding hydrogens is 432 g/mol. The number of allylic oxidation sites excluding steroid dienone is 1. The minimum absolute atomic E-state index is 0.122. The maximum Gasteiger partial charge on any atom is 0.255 e. The van der Waals surface area contributed by atoms with Gasteiger partial charge in [0.2, 0.25) is 5.78 Å². The lowest BCUT2D eigenvalue weighted by Crippen LogP contribution is -2.68. The van der Waals surface area contributed by atoms with Crippen molar-refractivity contribution in [1.82, 2.24) is 4.90 Å². The fraction of sp³-hybridized carbons (Fsp3) is 0.304. The number of nitrogens with two attached hydrogens (primary N) is 1. The van der Waals surface area contributed by atoms with Crippen LogP contribution in [0.1, 0.15) is 11.1 Å². The Balaban J connectivity index is 2.12. The minimum atomic E-state index is -2.92. The summed E-state index contributed by atoms with van der Waals surface area (Å²) in [5, 5.41) is 43.7. The summed E-state index contributed by atoms with van der Waals surface area (Å²) in [6, 6.07) is 2.93. The zero-order chi connectivity index (χ0) is 24.6. The third-order valence-electron chi connectivity index (χ3n) is 6.85. The van der Waals surface area contributed by atoms with Crippen molar-refractivity contribution < 1.29 is 39.6 Å². The average Bonchev–Trinajstić information content (AvgIpc) is 2.73. The molecule has 6 N–H and O–H groups in total. The molecule has 172 valence electrons. The Bertz CT molecular complexity index is 1230. The lowest BCUT2D eigenvalue weighted by atomic mass is 9.52. The number of amides is 1. The summed E-state index contributed by atoms with van der Waals surface area (Å²) < 4.78 is 0. The van der Waals surface area contributed by atoms with Crippen LogP contribution in [0.5, 0.6) is 5.75 Å². The molecular formula is C23H22N2O8. The third-order valence-corrected chi connectivity index (χ3v) is 6.85. The largest absolute Gasteiger partial charge is 0.508 e. The molecule has 1 aromatic rings. The summed E-state index contributed by atoms with van der Waals surface area (Å²) in [7, 11) is 2.89. The van der Waals surface area contributed by atoms with Crippen molar-refractivity contribution in [3.8, 4) is 5.75 Å². The van der Waals surface area contributed by atoms with E-state index in [-0.39, 0.29) is 22.4 Å². The second kappa shape index (κ2) is 7.12. The Morgan fingerprint density at radius 3 is 2.39 bits per heavy atom. The van der Waals surface area contributed by atoms with Crippen LogP contribution in [0.3, 0.4) is 0 Å². The summed E-state index contributed by atoms with van der Waals surface area (Å²) in [4.78, 5) is 52.6. The van der Waals surface area contributed by atoms with Gasteiger partial charge in [-0.25, -0.2) is 0 Å². The van der Waals surface area contributed by atoms with Crippen molar-refractivity contribution in [2.24, 2.45) is 23.5 Å². The Hall–Kier alpha value is -3.76. The zero-order valence-electron chi connectivity index (χ0n) is 17.8. The molecule has 0 spiro atoms. The number of phenols is 1. The fourth-order valence-corrected chi connectivity index (χ4v) is 5.48. The van der Waals surface area contributed by atoms with E-state index in [0.29, 0.717) is 6.29 Å². The second-order valence-corrected chi connectivity index (χ2v) is 8.66. The predicted octanol–water partition coefficient (Wildman–Crippen LogP) is -0.140. The van der Waals surface area contributed by atoms with Gasteiger partial charge in [-0.1, -0.05) is 18.7 Å². The van der Waals surface area contributed by atoms with Gasteiger partial charge in [0, 0.05) is 23.3 Å². The van der Waals surface area contributed by atoms with E-state index < -0.39 is 69.5 Å². The summed E-state index contributed by atoms with van der Waals surface area (Å²) in [6.07, 6.45) is 0.422. The Morgan fingerprint density at radius 1 is 1.21 bits per heavy atom. The highest BCUT2D eigenvalue weighted by Gasteiger charge is 2.68. The SMILES string of the molecule is C=C1c2cccc(O)c2C(O)=C2C(=O)[C@@]3(O)C(O)=C(C(N)=O)C(=O)[C@H](N(C)C)[C@H]3[C@H](C=O)[C@@H]12. The number of nitrogens with zero attached hydrogens (tertiary/aromatic N) is 1. The highest BCUT2D eigenvalue weighted by atomic mass is 16.3. The van der Waals surface area contributed by atoms with Crippen molar-refractivity contribution in [3.05, 3.63) is 52.8 Å². The summed E-state index contributed by atoms with van der Waals surface area (Å²) >= 11 is 0. The minimum Gasteiger partial charge on any atom is -0.508 e. The van der Waals surface area contributed by atoms with Crippen molar-refractivity contribution >= 4 is 35.1 Å². The number of ketones is 2. The van der Waals surface area contributed by atoms with Gasteiger partial charge in [0.05, 0.1) is 11.6 Å². The average molecular weight is 454 g/mol. The van der Waals surface area contributed by atoms with Crippen molar-refractivity contribution in [2.45, 2.75) is 11.6 Å². The van der Waals surface area contributed by atoms with Gasteiger partial charge >= 0.3 is 0 Å². The number of likely N-dealkylation sites (N-methyl/N-ethyl adjacent to an activating group) is 1. The molecule has 0 bridgehead atoms. The summed E-state index contributed by atoms with van der Waals surface area (Å²) in [5.41, 5.74) is 1.30. The molecule has 0 aromatic heterocycles. The summed E-state index contributed by atoms with van der Waals surface area (Å²) in [5.74, 6) is -9.87. The van der Waals surface area contributed by atoms with Crippen LogP contribution in [0.25, 0.3) is 11.3 Å². The molecule has 1 fully saturated rings. The van der Waals surface area contributed by atoms with Gasteiger partial charge in [0.25, 0.3) is 5.91 Å². The van der Waals surface area contributed by atoms with Crippen LogP contribution < -0.4 is 5.73 Å². The van der Waals surface area contributed by atoms with Crippen molar-refractivity contribution in [3.63, 3.8) is 0 Å². The van der Waals surface area contributed by atoms with E-state index in [4.69, 9.17) is 5.73 Å². The van der Waals surface area contributed by atoms with Crippen molar-refractivity contribution in [1.29, 1.82) is 0 Å². The number of carbonyl (C=O) groups excluding carboxylic acids is 4. The van der Waals surface area contributed by atoms with Crippen LogP contribution in [-0.2, 0) is 19.2 Å². The molecule has 5 atom stereocenters. The fourth-order valence-electron chi connectivity index (χ4n) is 5.48. The van der Waals surface area contributed by atoms with E-state index in [9.17, 15) is 39.6 Å². The molecule has 0 unspecified atom stereocenters. The van der Waals surface area contributed by atoms with E-state index in [1.165, 1.54) is 37.2 Å². The molecule has 4 rings (SSSR count). The van der Waals surface area contributed by atoms with E-state index in [2.05, 4.69) is 6.58 Å². The number of aromatic hydroxyl groups is 1. The number of hydrogen-bond acceptors (Lipinski definition) is 9. The third kappa shape index (κ3) is 2.61. The number of aliphatic hydroxyl groups excluding tert-OH is 2. The number of benzene rings is 1. The zero-order valence-corrected chi connectivity index (χ0v) is 17.8. The number of phenolic OH excluding ortho intramolecular Hbond substituents is 1. The molecule has 10 nitrogen and oxygen atoms in total. The van der Waals surface area contributed by atoms with Gasteiger partial charge in [-0.2, -0.15) is 0 Å². The number of aldehydes is 1. The number of aliphatic hydroxyl groups is 3. The monoisotopic (exact) mass is 454 g/mol. The van der Waals surface area contributed by atoms with Gasteiger partial charge in [0.15, 0.2) is 11.4 Å². The van der Waals surface area contributed by atoms with Gasteiger partial charge < -0.3 is 31.0 Å². The van der Waals surface area contributed by atoms with Crippen LogP contribution >= 0.6 is 0 Å². The summed E-state index contributed by atoms with van der Waals surface area (Å²) in [6.45, 7) is 3.96. The van der Waals surface area contributed by atoms with E-state index in [1.807, 2.05) is 0 Å². The number of Topliss-reactive ketones (excluding diaryl/α,β-unsaturated/α-hetero) is 2. The molecule has 10 heteroatoms. The van der Waals surface area contributed by atoms with E-state index >= 15 is 0 Å². The molecule has 0 heterocycles. The number of primary amides is 1. The number of rotatable bonds is 3. The standard InChI is InChI=1S/C23H22N2O8/c1-8-9-5-4-6-11(27)13(9)18(28)14-12(8)10(7-26)16-17(25(2)3)19(29)15(22(24)32)21(31)23(16,33)20(14)30/h4-7,10,12,16-17,27-28,31,33H,1H2,2-3H3,(H2,24,32)/t10-,12-,16-,17-,23-/m1/s1. The van der Waals surface area contributed by atoms with Crippen LogP contribution in [0.4, 0.5) is 0 Å². The first-order chi connectivity index (χ1) is 15.4. The highest BCUT2D eigenvalue weighted by molar-refractivity contribution is 6.25.